The summed E-state index contributed by atoms with van der Waals surface area (Å²) >= 11 is 3.21. The molecule has 2 nitrogen and oxygen atoms in total. The average Bonchev–Trinajstić information content (AvgIpc) is 2.37. The molecule has 2 aromatic carbocycles. The second-order valence-corrected chi connectivity index (χ2v) is 5.71. The highest BCUT2D eigenvalue weighted by Gasteiger charge is 2.29. The third kappa shape index (κ3) is 2.43. The van der Waals surface area contributed by atoms with E-state index < -0.39 is 11.9 Å². The van der Waals surface area contributed by atoms with E-state index in [1.165, 1.54) is 18.2 Å². The van der Waals surface area contributed by atoms with E-state index in [9.17, 15) is 8.78 Å². The molecule has 1 aliphatic heterocycles. The first-order chi connectivity index (χ1) is 9.54. The lowest BCUT2D eigenvalue weighted by molar-refractivity contribution is 0.156. The van der Waals surface area contributed by atoms with Crippen LogP contribution in [0.15, 0.2) is 40.9 Å². The minimum atomic E-state index is -0.507. The number of hydrogen-bond acceptors (Lipinski definition) is 2. The van der Waals surface area contributed by atoms with E-state index in [2.05, 4.69) is 15.9 Å². The summed E-state index contributed by atoms with van der Waals surface area (Å²) in [6, 6.07) is 8.73. The van der Waals surface area contributed by atoms with Gasteiger partial charge in [-0.15, -0.1) is 0 Å². The van der Waals surface area contributed by atoms with Gasteiger partial charge in [-0.3, -0.25) is 0 Å². The Kier molecular flexibility index (Phi) is 3.48. The summed E-state index contributed by atoms with van der Waals surface area (Å²) in [6.07, 6.45) is -0.0515. The zero-order chi connectivity index (χ0) is 14.3. The summed E-state index contributed by atoms with van der Waals surface area (Å²) in [4.78, 5) is 0. The molecule has 104 valence electrons. The van der Waals surface area contributed by atoms with Crippen LogP contribution >= 0.6 is 15.9 Å². The van der Waals surface area contributed by atoms with Gasteiger partial charge in [0, 0.05) is 34.1 Å². The molecule has 2 aromatic rings. The van der Waals surface area contributed by atoms with Crippen molar-refractivity contribution in [2.75, 3.05) is 0 Å². The normalized spacial score (nSPS) is 21.2. The van der Waals surface area contributed by atoms with Crippen molar-refractivity contribution in [2.24, 2.45) is 5.73 Å². The van der Waals surface area contributed by atoms with Crippen molar-refractivity contribution in [1.29, 1.82) is 0 Å². The standard InChI is InChI=1S/C15H12BrF2NO/c16-8-1-3-10(12(18)5-8)15-7-13(19)11-4-2-9(17)6-14(11)20-15/h1-6,13,15H,7,19H2/t13-,15?/m0/s1. The van der Waals surface area contributed by atoms with Crippen LogP contribution in [-0.2, 0) is 0 Å². The van der Waals surface area contributed by atoms with Gasteiger partial charge in [0.25, 0.3) is 0 Å². The molecular weight excluding hydrogens is 328 g/mol. The minimum absolute atomic E-state index is 0.299. The lowest BCUT2D eigenvalue weighted by Gasteiger charge is -2.30. The van der Waals surface area contributed by atoms with E-state index in [1.807, 2.05) is 0 Å². The Hall–Kier alpha value is -1.46. The summed E-state index contributed by atoms with van der Waals surface area (Å²) < 4.78 is 33.6. The van der Waals surface area contributed by atoms with Crippen LogP contribution in [0.3, 0.4) is 0 Å². The molecule has 0 saturated carbocycles. The van der Waals surface area contributed by atoms with Crippen LogP contribution < -0.4 is 10.5 Å². The summed E-state index contributed by atoms with van der Waals surface area (Å²) in [6.45, 7) is 0. The van der Waals surface area contributed by atoms with Gasteiger partial charge >= 0.3 is 0 Å². The minimum Gasteiger partial charge on any atom is -0.485 e. The second kappa shape index (κ2) is 5.14. The van der Waals surface area contributed by atoms with E-state index in [0.717, 1.165) is 5.56 Å². The molecule has 5 heteroatoms. The van der Waals surface area contributed by atoms with Gasteiger partial charge in [-0.1, -0.05) is 28.1 Å². The number of halogens is 3. The summed E-state index contributed by atoms with van der Waals surface area (Å²) in [7, 11) is 0. The maximum atomic E-state index is 14.0. The molecular formula is C15H12BrF2NO. The highest BCUT2D eigenvalue weighted by molar-refractivity contribution is 9.10. The fraction of sp³-hybridized carbons (Fsp3) is 0.200. The third-order valence-corrected chi connectivity index (χ3v) is 3.91. The molecule has 0 radical (unpaired) electrons. The zero-order valence-corrected chi connectivity index (χ0v) is 12.0. The maximum absolute atomic E-state index is 14.0. The van der Waals surface area contributed by atoms with E-state index >= 15 is 0 Å². The van der Waals surface area contributed by atoms with Gasteiger partial charge in [0.05, 0.1) is 0 Å². The predicted octanol–water partition coefficient (Wildman–Crippen LogP) is 4.25. The highest BCUT2D eigenvalue weighted by atomic mass is 79.9. The Morgan fingerprint density at radius 3 is 2.60 bits per heavy atom. The molecule has 3 rings (SSSR count). The van der Waals surface area contributed by atoms with Crippen LogP contribution in [0.4, 0.5) is 8.78 Å². The van der Waals surface area contributed by atoms with E-state index in [1.54, 1.807) is 18.2 Å². The number of hydrogen-bond donors (Lipinski definition) is 1. The number of nitrogens with two attached hydrogens (primary N) is 1. The molecule has 1 aliphatic rings. The first-order valence-corrected chi connectivity index (χ1v) is 7.00. The monoisotopic (exact) mass is 339 g/mol. The molecule has 1 heterocycles. The highest BCUT2D eigenvalue weighted by Crippen LogP contribution is 2.40. The first kappa shape index (κ1) is 13.5. The number of ether oxygens (including phenoxy) is 1. The Labute approximate surface area is 123 Å². The Morgan fingerprint density at radius 1 is 1.10 bits per heavy atom. The van der Waals surface area contributed by atoms with Crippen molar-refractivity contribution in [3.05, 3.63) is 63.6 Å². The van der Waals surface area contributed by atoms with Crippen molar-refractivity contribution in [1.82, 2.24) is 0 Å². The predicted molar refractivity (Wildman–Crippen MR) is 75.4 cm³/mol. The third-order valence-electron chi connectivity index (χ3n) is 3.42. The molecule has 0 spiro atoms. The van der Waals surface area contributed by atoms with Crippen LogP contribution in [0.25, 0.3) is 0 Å². The number of fused-ring (bicyclic) bond motifs is 1. The van der Waals surface area contributed by atoms with Crippen molar-refractivity contribution in [3.8, 4) is 5.75 Å². The summed E-state index contributed by atoms with van der Waals surface area (Å²) in [5, 5.41) is 0. The smallest absolute Gasteiger partial charge is 0.131 e. The fourth-order valence-corrected chi connectivity index (χ4v) is 2.76. The molecule has 20 heavy (non-hydrogen) atoms. The van der Waals surface area contributed by atoms with Crippen molar-refractivity contribution >= 4 is 15.9 Å². The van der Waals surface area contributed by atoms with Gasteiger partial charge < -0.3 is 10.5 Å². The second-order valence-electron chi connectivity index (χ2n) is 4.80. The topological polar surface area (TPSA) is 35.2 Å². The van der Waals surface area contributed by atoms with Crippen LogP contribution in [0.5, 0.6) is 5.75 Å². The largest absolute Gasteiger partial charge is 0.485 e. The van der Waals surface area contributed by atoms with Gasteiger partial charge in [-0.25, -0.2) is 8.78 Å². The van der Waals surface area contributed by atoms with Gasteiger partial charge in [0.1, 0.15) is 23.5 Å². The molecule has 2 N–H and O–H groups in total. The summed E-state index contributed by atoms with van der Waals surface area (Å²) in [5.41, 5.74) is 7.25. The zero-order valence-electron chi connectivity index (χ0n) is 10.4. The van der Waals surface area contributed by atoms with Crippen LogP contribution in [0.2, 0.25) is 0 Å². The number of benzene rings is 2. The first-order valence-electron chi connectivity index (χ1n) is 6.21. The van der Waals surface area contributed by atoms with Crippen LogP contribution in [-0.4, -0.2) is 0 Å². The number of rotatable bonds is 1. The Balaban J connectivity index is 1.98. The lowest BCUT2D eigenvalue weighted by Crippen LogP contribution is -2.24. The quantitative estimate of drug-likeness (QED) is 0.842. The SMILES string of the molecule is N[C@H]1CC(c2ccc(Br)cc2F)Oc2cc(F)ccc21. The molecule has 1 unspecified atom stereocenters. The molecule has 2 atom stereocenters. The summed E-state index contributed by atoms with van der Waals surface area (Å²) in [5.74, 6) is -0.375. The van der Waals surface area contributed by atoms with Crippen molar-refractivity contribution < 1.29 is 13.5 Å². The molecule has 0 fully saturated rings. The van der Waals surface area contributed by atoms with Gasteiger partial charge in [0.15, 0.2) is 0 Å². The van der Waals surface area contributed by atoms with Crippen molar-refractivity contribution in [3.63, 3.8) is 0 Å². The van der Waals surface area contributed by atoms with Crippen LogP contribution in [0, 0.1) is 11.6 Å². The molecule has 0 amide bonds. The van der Waals surface area contributed by atoms with Gasteiger partial charge in [0.2, 0.25) is 0 Å². The molecule has 0 saturated heterocycles. The fourth-order valence-electron chi connectivity index (χ4n) is 2.43. The molecule has 0 aliphatic carbocycles. The van der Waals surface area contributed by atoms with E-state index in [0.29, 0.717) is 22.2 Å². The van der Waals surface area contributed by atoms with Gasteiger partial charge in [-0.05, 0) is 18.2 Å². The Morgan fingerprint density at radius 2 is 1.85 bits per heavy atom. The van der Waals surface area contributed by atoms with Gasteiger partial charge in [-0.2, -0.15) is 0 Å². The molecule has 0 bridgehead atoms. The van der Waals surface area contributed by atoms with Crippen LogP contribution in [0.1, 0.15) is 29.7 Å². The average molecular weight is 340 g/mol. The Bertz CT molecular complexity index is 662. The van der Waals surface area contributed by atoms with E-state index in [4.69, 9.17) is 10.5 Å². The van der Waals surface area contributed by atoms with E-state index in [-0.39, 0.29) is 11.9 Å². The maximum Gasteiger partial charge on any atom is 0.131 e. The lowest BCUT2D eigenvalue weighted by atomic mass is 9.93. The van der Waals surface area contributed by atoms with Crippen molar-refractivity contribution in [2.45, 2.75) is 18.6 Å². The molecule has 0 aromatic heterocycles.